The highest BCUT2D eigenvalue weighted by Gasteiger charge is 2.24. The Hall–Kier alpha value is -0.730. The van der Waals surface area contributed by atoms with E-state index >= 15 is 0 Å². The van der Waals surface area contributed by atoms with Crippen molar-refractivity contribution in [2.45, 2.75) is 25.7 Å². The predicted molar refractivity (Wildman–Crippen MR) is 64.9 cm³/mol. The SMILES string of the molecule is COc1cc(Cl)c(Cl)c2c1CCCCC2=O. The van der Waals surface area contributed by atoms with E-state index in [0.29, 0.717) is 27.8 Å². The zero-order chi connectivity index (χ0) is 11.7. The molecule has 0 atom stereocenters. The molecule has 1 aliphatic carbocycles. The number of ether oxygens (including phenoxy) is 1. The van der Waals surface area contributed by atoms with E-state index in [1.54, 1.807) is 13.2 Å². The zero-order valence-corrected chi connectivity index (χ0v) is 10.5. The smallest absolute Gasteiger partial charge is 0.164 e. The van der Waals surface area contributed by atoms with E-state index in [1.165, 1.54) is 0 Å². The second-order valence-electron chi connectivity index (χ2n) is 3.86. The molecule has 0 amide bonds. The van der Waals surface area contributed by atoms with Crippen molar-refractivity contribution in [2.24, 2.45) is 0 Å². The van der Waals surface area contributed by atoms with Crippen LogP contribution in [0.2, 0.25) is 10.0 Å². The van der Waals surface area contributed by atoms with Crippen molar-refractivity contribution in [3.05, 3.63) is 27.2 Å². The molecule has 16 heavy (non-hydrogen) atoms. The van der Waals surface area contributed by atoms with Crippen molar-refractivity contribution in [3.63, 3.8) is 0 Å². The van der Waals surface area contributed by atoms with Crippen LogP contribution in [0, 0.1) is 0 Å². The molecule has 0 bridgehead atoms. The monoisotopic (exact) mass is 258 g/mol. The first-order chi connectivity index (χ1) is 7.65. The van der Waals surface area contributed by atoms with Crippen molar-refractivity contribution < 1.29 is 9.53 Å². The molecule has 1 aromatic carbocycles. The molecule has 0 saturated carbocycles. The number of carbonyl (C=O) groups is 1. The third kappa shape index (κ3) is 1.92. The molecule has 2 nitrogen and oxygen atoms in total. The first kappa shape index (κ1) is 11.7. The number of halogens is 2. The fraction of sp³-hybridized carbons (Fsp3) is 0.417. The van der Waals surface area contributed by atoms with Gasteiger partial charge in [-0.25, -0.2) is 0 Å². The molecule has 0 saturated heterocycles. The van der Waals surface area contributed by atoms with Gasteiger partial charge in [-0.1, -0.05) is 23.2 Å². The van der Waals surface area contributed by atoms with Crippen LogP contribution in [0.15, 0.2) is 6.07 Å². The molecule has 0 aromatic heterocycles. The summed E-state index contributed by atoms with van der Waals surface area (Å²) in [6, 6.07) is 1.68. The van der Waals surface area contributed by atoms with Gasteiger partial charge in [0.25, 0.3) is 0 Å². The van der Waals surface area contributed by atoms with E-state index in [9.17, 15) is 4.79 Å². The molecule has 0 N–H and O–H groups in total. The molecule has 4 heteroatoms. The summed E-state index contributed by atoms with van der Waals surface area (Å²) in [5.41, 5.74) is 1.46. The number of hydrogen-bond donors (Lipinski definition) is 0. The van der Waals surface area contributed by atoms with Gasteiger partial charge in [0.1, 0.15) is 5.75 Å². The molecule has 1 aliphatic rings. The summed E-state index contributed by atoms with van der Waals surface area (Å²) < 4.78 is 5.26. The summed E-state index contributed by atoms with van der Waals surface area (Å²) in [7, 11) is 1.58. The first-order valence-electron chi connectivity index (χ1n) is 5.23. The number of Topliss-reactive ketones (excluding diaryl/α,β-unsaturated/α-hetero) is 1. The summed E-state index contributed by atoms with van der Waals surface area (Å²) >= 11 is 12.1. The first-order valence-corrected chi connectivity index (χ1v) is 5.98. The van der Waals surface area contributed by atoms with Crippen LogP contribution >= 0.6 is 23.2 Å². The van der Waals surface area contributed by atoms with Gasteiger partial charge in [0.15, 0.2) is 5.78 Å². The lowest BCUT2D eigenvalue weighted by Gasteiger charge is -2.13. The second kappa shape index (κ2) is 4.64. The Kier molecular flexibility index (Phi) is 3.41. The third-order valence-corrected chi connectivity index (χ3v) is 3.65. The van der Waals surface area contributed by atoms with Crippen molar-refractivity contribution in [2.75, 3.05) is 7.11 Å². The maximum absolute atomic E-state index is 11.9. The van der Waals surface area contributed by atoms with Crippen LogP contribution in [-0.4, -0.2) is 12.9 Å². The molecular weight excluding hydrogens is 247 g/mol. The average molecular weight is 259 g/mol. The number of fused-ring (bicyclic) bond motifs is 1. The quantitative estimate of drug-likeness (QED) is 0.714. The summed E-state index contributed by atoms with van der Waals surface area (Å²) in [4.78, 5) is 11.9. The lowest BCUT2D eigenvalue weighted by molar-refractivity contribution is 0.0982. The van der Waals surface area contributed by atoms with Gasteiger partial charge < -0.3 is 4.74 Å². The maximum Gasteiger partial charge on any atom is 0.164 e. The predicted octanol–water partition coefficient (Wildman–Crippen LogP) is 3.91. The summed E-state index contributed by atoms with van der Waals surface area (Å²) in [5, 5.41) is 0.747. The number of carbonyl (C=O) groups excluding carboxylic acids is 1. The van der Waals surface area contributed by atoms with E-state index in [1.807, 2.05) is 0 Å². The Bertz CT molecular complexity index is 441. The molecule has 0 radical (unpaired) electrons. The van der Waals surface area contributed by atoms with Gasteiger partial charge >= 0.3 is 0 Å². The maximum atomic E-state index is 11.9. The summed E-state index contributed by atoms with van der Waals surface area (Å²) in [5.74, 6) is 0.734. The molecule has 0 spiro atoms. The van der Waals surface area contributed by atoms with Gasteiger partial charge in [0.05, 0.1) is 17.2 Å². The Morgan fingerprint density at radius 3 is 2.62 bits per heavy atom. The summed E-state index contributed by atoms with van der Waals surface area (Å²) in [6.45, 7) is 0. The number of methoxy groups -OCH3 is 1. The van der Waals surface area contributed by atoms with Crippen molar-refractivity contribution in [1.29, 1.82) is 0 Å². The van der Waals surface area contributed by atoms with Crippen LogP contribution in [0.5, 0.6) is 5.75 Å². The van der Waals surface area contributed by atoms with Gasteiger partial charge in [-0.15, -0.1) is 0 Å². The molecule has 0 aliphatic heterocycles. The Balaban J connectivity index is 2.68. The zero-order valence-electron chi connectivity index (χ0n) is 8.98. The molecule has 1 aromatic rings. The lowest BCUT2D eigenvalue weighted by Crippen LogP contribution is -2.04. The normalized spacial score (nSPS) is 15.6. The molecular formula is C12H12Cl2O2. The molecule has 2 rings (SSSR count). The van der Waals surface area contributed by atoms with Gasteiger partial charge in [-0.05, 0) is 19.3 Å². The van der Waals surface area contributed by atoms with Gasteiger partial charge in [0, 0.05) is 23.6 Å². The van der Waals surface area contributed by atoms with Crippen LogP contribution in [0.3, 0.4) is 0 Å². The molecule has 0 unspecified atom stereocenters. The minimum Gasteiger partial charge on any atom is -0.496 e. The Morgan fingerprint density at radius 1 is 1.25 bits per heavy atom. The van der Waals surface area contributed by atoms with Crippen LogP contribution in [0.1, 0.15) is 35.2 Å². The largest absolute Gasteiger partial charge is 0.496 e. The minimum atomic E-state index is 0.0679. The van der Waals surface area contributed by atoms with E-state index in [2.05, 4.69) is 0 Å². The lowest BCUT2D eigenvalue weighted by atomic mass is 10.0. The molecule has 0 fully saturated rings. The minimum absolute atomic E-state index is 0.0679. The number of hydrogen-bond acceptors (Lipinski definition) is 2. The van der Waals surface area contributed by atoms with E-state index in [0.717, 1.165) is 24.8 Å². The Labute approximate surface area is 104 Å². The van der Waals surface area contributed by atoms with Gasteiger partial charge in [0.2, 0.25) is 0 Å². The van der Waals surface area contributed by atoms with E-state index in [-0.39, 0.29) is 5.78 Å². The second-order valence-corrected chi connectivity index (χ2v) is 4.64. The van der Waals surface area contributed by atoms with Gasteiger partial charge in [-0.2, -0.15) is 0 Å². The van der Waals surface area contributed by atoms with Gasteiger partial charge in [-0.3, -0.25) is 4.79 Å². The van der Waals surface area contributed by atoms with Crippen molar-refractivity contribution in [3.8, 4) is 5.75 Å². The average Bonchev–Trinajstić information content (AvgIpc) is 2.46. The standard InChI is InChI=1S/C12H12Cl2O2/c1-16-10-6-8(13)12(14)11-7(10)4-2-3-5-9(11)15/h6H,2-5H2,1H3. The fourth-order valence-electron chi connectivity index (χ4n) is 2.07. The van der Waals surface area contributed by atoms with E-state index < -0.39 is 0 Å². The molecule has 86 valence electrons. The van der Waals surface area contributed by atoms with Crippen LogP contribution in [0.25, 0.3) is 0 Å². The van der Waals surface area contributed by atoms with Crippen LogP contribution in [-0.2, 0) is 6.42 Å². The highest BCUT2D eigenvalue weighted by atomic mass is 35.5. The highest BCUT2D eigenvalue weighted by Crippen LogP contribution is 2.38. The third-order valence-electron chi connectivity index (χ3n) is 2.87. The van der Waals surface area contributed by atoms with Crippen LogP contribution < -0.4 is 4.74 Å². The van der Waals surface area contributed by atoms with Crippen molar-refractivity contribution in [1.82, 2.24) is 0 Å². The highest BCUT2D eigenvalue weighted by molar-refractivity contribution is 6.44. The summed E-state index contributed by atoms with van der Waals surface area (Å²) in [6.07, 6.45) is 3.23. The number of ketones is 1. The van der Waals surface area contributed by atoms with Crippen LogP contribution in [0.4, 0.5) is 0 Å². The molecule has 0 heterocycles. The number of rotatable bonds is 1. The fourth-order valence-corrected chi connectivity index (χ4v) is 2.54. The van der Waals surface area contributed by atoms with E-state index in [4.69, 9.17) is 27.9 Å². The topological polar surface area (TPSA) is 26.3 Å². The van der Waals surface area contributed by atoms with Crippen molar-refractivity contribution >= 4 is 29.0 Å². The number of benzene rings is 1. The Morgan fingerprint density at radius 2 is 1.94 bits per heavy atom.